The molecule has 4 heterocycles. The Morgan fingerprint density at radius 3 is 2.77 bits per heavy atom. The summed E-state index contributed by atoms with van der Waals surface area (Å²) in [6, 6.07) is 10.9. The van der Waals surface area contributed by atoms with Crippen molar-refractivity contribution in [3.8, 4) is 11.5 Å². The molecule has 5 rings (SSSR count). The van der Waals surface area contributed by atoms with Crippen molar-refractivity contribution in [2.45, 2.75) is 12.5 Å². The second-order valence-electron chi connectivity index (χ2n) is 7.30. The number of rotatable bonds is 4. The molecule has 1 aromatic carbocycles. The zero-order chi connectivity index (χ0) is 21.2. The van der Waals surface area contributed by atoms with Crippen LogP contribution in [0.5, 0.6) is 11.5 Å². The topological polar surface area (TPSA) is 79.9 Å². The van der Waals surface area contributed by atoms with E-state index < -0.39 is 6.03 Å². The van der Waals surface area contributed by atoms with E-state index in [1.807, 2.05) is 6.07 Å². The van der Waals surface area contributed by atoms with Crippen LogP contribution in [-0.2, 0) is 11.2 Å². The second-order valence-corrected chi connectivity index (χ2v) is 9.28. The molecule has 2 aliphatic rings. The highest BCUT2D eigenvalue weighted by Gasteiger charge is 2.31. The van der Waals surface area contributed by atoms with Gasteiger partial charge in [-0.05, 0) is 47.0 Å². The molecule has 2 aromatic heterocycles. The highest BCUT2D eigenvalue weighted by Crippen LogP contribution is 2.39. The largest absolute Gasteiger partial charge is 0.486 e. The first kappa shape index (κ1) is 20.0. The minimum atomic E-state index is -0.567. The van der Waals surface area contributed by atoms with E-state index in [1.54, 1.807) is 40.9 Å². The highest BCUT2D eigenvalue weighted by molar-refractivity contribution is 7.10. The smallest absolute Gasteiger partial charge is 0.325 e. The average Bonchev–Trinajstić information content (AvgIpc) is 3.45. The molecule has 0 fully saturated rings. The van der Waals surface area contributed by atoms with Crippen LogP contribution in [0.4, 0.5) is 10.5 Å². The lowest BCUT2D eigenvalue weighted by Gasteiger charge is -2.34. The minimum absolute atomic E-state index is 0.0432. The summed E-state index contributed by atoms with van der Waals surface area (Å²) in [5.74, 6) is 0.884. The minimum Gasteiger partial charge on any atom is -0.486 e. The standard InChI is InChI=1S/C22H21N3O4S2/c26-20(24-22(27)23-14-3-4-16-17(12-14)29-9-8-28-16)13-25-7-5-18-15(6-11-31-18)21(25)19-2-1-10-30-19/h1-4,6,10-12,21H,5,7-9,13H2,(H2,23,24,26,27)/t21-/m0/s1. The number of fused-ring (bicyclic) bond motifs is 2. The number of imide groups is 1. The van der Waals surface area contributed by atoms with Gasteiger partial charge < -0.3 is 14.8 Å². The third kappa shape index (κ3) is 4.30. The fourth-order valence-electron chi connectivity index (χ4n) is 3.95. The normalized spacial score (nSPS) is 17.6. The van der Waals surface area contributed by atoms with E-state index in [0.29, 0.717) is 30.4 Å². The molecular weight excluding hydrogens is 434 g/mol. The summed E-state index contributed by atoms with van der Waals surface area (Å²) in [4.78, 5) is 29.7. The Balaban J connectivity index is 1.23. The summed E-state index contributed by atoms with van der Waals surface area (Å²) in [7, 11) is 0. The first-order valence-corrected chi connectivity index (χ1v) is 11.8. The maximum absolute atomic E-state index is 12.7. The molecule has 0 unspecified atom stereocenters. The van der Waals surface area contributed by atoms with E-state index in [1.165, 1.54) is 15.3 Å². The van der Waals surface area contributed by atoms with E-state index >= 15 is 0 Å². The lowest BCUT2D eigenvalue weighted by atomic mass is 9.98. The van der Waals surface area contributed by atoms with Crippen molar-refractivity contribution in [3.63, 3.8) is 0 Å². The van der Waals surface area contributed by atoms with Gasteiger partial charge in [-0.2, -0.15) is 0 Å². The molecule has 0 spiro atoms. The van der Waals surface area contributed by atoms with Gasteiger partial charge in [0.1, 0.15) is 13.2 Å². The van der Waals surface area contributed by atoms with E-state index in [-0.39, 0.29) is 18.5 Å². The molecule has 3 amide bonds. The molecule has 0 aliphatic carbocycles. The fourth-order valence-corrected chi connectivity index (χ4v) is 5.73. The van der Waals surface area contributed by atoms with Crippen LogP contribution in [0.2, 0.25) is 0 Å². The zero-order valence-corrected chi connectivity index (χ0v) is 18.3. The van der Waals surface area contributed by atoms with Gasteiger partial charge in [0, 0.05) is 28.1 Å². The van der Waals surface area contributed by atoms with Crippen LogP contribution >= 0.6 is 22.7 Å². The SMILES string of the molecule is O=C(CN1CCc2sccc2[C@H]1c1cccs1)NC(=O)Nc1ccc2c(c1)OCCO2. The van der Waals surface area contributed by atoms with Crippen molar-refractivity contribution in [2.24, 2.45) is 0 Å². The second kappa shape index (κ2) is 8.70. The number of hydrogen-bond donors (Lipinski definition) is 2. The summed E-state index contributed by atoms with van der Waals surface area (Å²) in [6.45, 7) is 1.89. The van der Waals surface area contributed by atoms with Crippen molar-refractivity contribution in [3.05, 3.63) is 62.5 Å². The summed E-state index contributed by atoms with van der Waals surface area (Å²) >= 11 is 3.45. The number of thiophene rings is 2. The van der Waals surface area contributed by atoms with Gasteiger partial charge in [-0.15, -0.1) is 22.7 Å². The van der Waals surface area contributed by atoms with Gasteiger partial charge in [-0.25, -0.2) is 4.79 Å². The van der Waals surface area contributed by atoms with Crippen LogP contribution in [0.25, 0.3) is 0 Å². The van der Waals surface area contributed by atoms with Gasteiger partial charge in [0.2, 0.25) is 5.91 Å². The van der Waals surface area contributed by atoms with Crippen LogP contribution in [0.1, 0.15) is 21.4 Å². The van der Waals surface area contributed by atoms with Gasteiger partial charge >= 0.3 is 6.03 Å². The Morgan fingerprint density at radius 1 is 1.06 bits per heavy atom. The molecule has 0 bridgehead atoms. The van der Waals surface area contributed by atoms with Crippen LogP contribution in [0.15, 0.2) is 47.2 Å². The summed E-state index contributed by atoms with van der Waals surface area (Å²) in [6.07, 6.45) is 0.908. The first-order valence-electron chi connectivity index (χ1n) is 10.0. The number of nitrogens with zero attached hydrogens (tertiary/aromatic N) is 1. The van der Waals surface area contributed by atoms with Gasteiger partial charge in [-0.3, -0.25) is 15.0 Å². The van der Waals surface area contributed by atoms with Crippen LogP contribution < -0.4 is 20.1 Å². The molecule has 2 aliphatic heterocycles. The third-order valence-corrected chi connectivity index (χ3v) is 7.20. The molecule has 2 N–H and O–H groups in total. The summed E-state index contributed by atoms with van der Waals surface area (Å²) < 4.78 is 11.0. The zero-order valence-electron chi connectivity index (χ0n) is 16.6. The first-order chi connectivity index (χ1) is 15.2. The van der Waals surface area contributed by atoms with Crippen LogP contribution in [0, 0.1) is 0 Å². The monoisotopic (exact) mass is 455 g/mol. The maximum Gasteiger partial charge on any atom is 0.325 e. The van der Waals surface area contributed by atoms with E-state index in [4.69, 9.17) is 9.47 Å². The predicted molar refractivity (Wildman–Crippen MR) is 120 cm³/mol. The van der Waals surface area contributed by atoms with Crippen LogP contribution in [-0.4, -0.2) is 43.1 Å². The summed E-state index contributed by atoms with van der Waals surface area (Å²) in [5.41, 5.74) is 1.79. The Labute approximate surface area is 187 Å². The molecule has 31 heavy (non-hydrogen) atoms. The highest BCUT2D eigenvalue weighted by atomic mass is 32.1. The molecule has 160 valence electrons. The van der Waals surface area contributed by atoms with Crippen molar-refractivity contribution < 1.29 is 19.1 Å². The van der Waals surface area contributed by atoms with Crippen molar-refractivity contribution in [1.29, 1.82) is 0 Å². The Kier molecular flexibility index (Phi) is 5.63. The Morgan fingerprint density at radius 2 is 1.94 bits per heavy atom. The van der Waals surface area contributed by atoms with Crippen molar-refractivity contribution in [1.82, 2.24) is 10.2 Å². The van der Waals surface area contributed by atoms with E-state index in [0.717, 1.165) is 13.0 Å². The lowest BCUT2D eigenvalue weighted by molar-refractivity contribution is -0.121. The number of carbonyl (C=O) groups excluding carboxylic acids is 2. The molecular formula is C22H21N3O4S2. The molecule has 0 radical (unpaired) electrons. The van der Waals surface area contributed by atoms with Gasteiger partial charge in [0.25, 0.3) is 0 Å². The van der Waals surface area contributed by atoms with Gasteiger partial charge in [0.05, 0.1) is 12.6 Å². The Hall–Kier alpha value is -2.88. The summed E-state index contributed by atoms with van der Waals surface area (Å²) in [5, 5.41) is 9.29. The van der Waals surface area contributed by atoms with Crippen molar-refractivity contribution >= 4 is 40.3 Å². The molecule has 9 heteroatoms. The third-order valence-electron chi connectivity index (χ3n) is 5.28. The van der Waals surface area contributed by atoms with E-state index in [2.05, 4.69) is 38.4 Å². The quantitative estimate of drug-likeness (QED) is 0.624. The fraction of sp³-hybridized carbons (Fsp3) is 0.273. The van der Waals surface area contributed by atoms with Gasteiger partial charge in [-0.1, -0.05) is 6.07 Å². The molecule has 0 saturated carbocycles. The van der Waals surface area contributed by atoms with E-state index in [9.17, 15) is 9.59 Å². The number of nitrogens with one attached hydrogen (secondary N) is 2. The molecule has 7 nitrogen and oxygen atoms in total. The van der Waals surface area contributed by atoms with Crippen molar-refractivity contribution in [2.75, 3.05) is 31.6 Å². The number of benzene rings is 1. The molecule has 0 saturated heterocycles. The number of urea groups is 1. The van der Waals surface area contributed by atoms with Crippen LogP contribution in [0.3, 0.4) is 0 Å². The number of anilines is 1. The maximum atomic E-state index is 12.7. The number of ether oxygens (including phenoxy) is 2. The number of amides is 3. The molecule has 3 aromatic rings. The predicted octanol–water partition coefficient (Wildman–Crippen LogP) is 3.88. The number of hydrogen-bond acceptors (Lipinski definition) is 7. The lowest BCUT2D eigenvalue weighted by Crippen LogP contribution is -2.45. The average molecular weight is 456 g/mol. The number of carbonyl (C=O) groups is 2. The molecule has 1 atom stereocenters. The van der Waals surface area contributed by atoms with Gasteiger partial charge in [0.15, 0.2) is 11.5 Å². The Bertz CT molecular complexity index is 1100.